The van der Waals surface area contributed by atoms with E-state index in [1.807, 2.05) is 6.07 Å². The number of benzene rings is 1. The molecule has 18 heavy (non-hydrogen) atoms. The maximum Gasteiger partial charge on any atom is 0.125 e. The van der Waals surface area contributed by atoms with Crippen molar-refractivity contribution in [3.8, 4) is 0 Å². The van der Waals surface area contributed by atoms with Crippen molar-refractivity contribution in [2.45, 2.75) is 13.5 Å². The molecular formula is C14H18FN3. The van der Waals surface area contributed by atoms with Crippen molar-refractivity contribution in [3.05, 3.63) is 35.3 Å². The second-order valence-corrected chi connectivity index (χ2v) is 4.94. The van der Waals surface area contributed by atoms with Crippen LogP contribution in [0.4, 0.5) is 4.39 Å². The first-order chi connectivity index (χ1) is 8.74. The lowest BCUT2D eigenvalue weighted by molar-refractivity contribution is 0.233. The number of aryl methyl sites for hydroxylation is 1. The molecule has 96 valence electrons. The highest BCUT2D eigenvalue weighted by Crippen LogP contribution is 2.24. The summed E-state index contributed by atoms with van der Waals surface area (Å²) in [5.41, 5.74) is 3.35. The van der Waals surface area contributed by atoms with E-state index in [0.29, 0.717) is 0 Å². The third-order valence-corrected chi connectivity index (χ3v) is 3.67. The van der Waals surface area contributed by atoms with Gasteiger partial charge in [-0.15, -0.1) is 0 Å². The zero-order chi connectivity index (χ0) is 12.5. The third-order valence-electron chi connectivity index (χ3n) is 3.67. The number of H-pyrrole nitrogens is 1. The molecule has 2 aromatic rings. The minimum atomic E-state index is -0.183. The molecular weight excluding hydrogens is 229 g/mol. The summed E-state index contributed by atoms with van der Waals surface area (Å²) in [6.07, 6.45) is 0. The molecule has 0 saturated carbocycles. The van der Waals surface area contributed by atoms with Crippen LogP contribution in [0.25, 0.3) is 10.9 Å². The Balaban J connectivity index is 1.92. The van der Waals surface area contributed by atoms with E-state index in [-0.39, 0.29) is 5.82 Å². The Morgan fingerprint density at radius 2 is 2.06 bits per heavy atom. The summed E-state index contributed by atoms with van der Waals surface area (Å²) >= 11 is 0. The first kappa shape index (κ1) is 11.7. The van der Waals surface area contributed by atoms with Crippen LogP contribution in [-0.2, 0) is 6.54 Å². The van der Waals surface area contributed by atoms with Gasteiger partial charge in [0.15, 0.2) is 0 Å². The highest BCUT2D eigenvalue weighted by atomic mass is 19.1. The topological polar surface area (TPSA) is 31.1 Å². The van der Waals surface area contributed by atoms with E-state index in [0.717, 1.165) is 49.3 Å². The van der Waals surface area contributed by atoms with Gasteiger partial charge >= 0.3 is 0 Å². The zero-order valence-electron chi connectivity index (χ0n) is 10.6. The summed E-state index contributed by atoms with van der Waals surface area (Å²) in [6, 6.07) is 4.99. The lowest BCUT2D eigenvalue weighted by Crippen LogP contribution is -2.42. The van der Waals surface area contributed by atoms with Gasteiger partial charge in [0.2, 0.25) is 0 Å². The minimum absolute atomic E-state index is 0.183. The molecule has 2 N–H and O–H groups in total. The molecule has 3 rings (SSSR count). The van der Waals surface area contributed by atoms with Crippen molar-refractivity contribution < 1.29 is 4.39 Å². The molecule has 0 aliphatic carbocycles. The Labute approximate surface area is 106 Å². The average molecular weight is 247 g/mol. The molecule has 3 nitrogen and oxygen atoms in total. The van der Waals surface area contributed by atoms with Crippen LogP contribution in [0, 0.1) is 12.7 Å². The molecule has 0 spiro atoms. The predicted molar refractivity (Wildman–Crippen MR) is 71.1 cm³/mol. The second kappa shape index (κ2) is 4.71. The largest absolute Gasteiger partial charge is 0.358 e. The molecule has 1 aliphatic heterocycles. The summed E-state index contributed by atoms with van der Waals surface area (Å²) in [6.45, 7) is 7.27. The van der Waals surface area contributed by atoms with Gasteiger partial charge < -0.3 is 10.3 Å². The maximum atomic E-state index is 13.2. The van der Waals surface area contributed by atoms with Gasteiger partial charge in [-0.2, -0.15) is 0 Å². The van der Waals surface area contributed by atoms with Crippen molar-refractivity contribution in [2.75, 3.05) is 26.2 Å². The molecule has 4 heteroatoms. The number of halogens is 1. The molecule has 1 aromatic heterocycles. The molecule has 0 bridgehead atoms. The number of nitrogens with zero attached hydrogens (tertiary/aromatic N) is 1. The van der Waals surface area contributed by atoms with Gasteiger partial charge in [0.25, 0.3) is 0 Å². The van der Waals surface area contributed by atoms with E-state index in [9.17, 15) is 4.39 Å². The highest BCUT2D eigenvalue weighted by Gasteiger charge is 2.15. The number of rotatable bonds is 2. The van der Waals surface area contributed by atoms with Gasteiger partial charge in [-0.05, 0) is 30.7 Å². The number of hydrogen-bond acceptors (Lipinski definition) is 2. The van der Waals surface area contributed by atoms with E-state index in [1.165, 1.54) is 11.6 Å². The van der Waals surface area contributed by atoms with Crippen molar-refractivity contribution in [2.24, 2.45) is 0 Å². The Hall–Kier alpha value is -1.39. The van der Waals surface area contributed by atoms with Crippen molar-refractivity contribution in [3.63, 3.8) is 0 Å². The monoisotopic (exact) mass is 247 g/mol. The standard InChI is InChI=1S/C14H18FN3/c1-10-13(9-18-6-4-16-5-7-18)12-3-2-11(15)8-14(12)17-10/h2-3,8,16-17H,4-7,9H2,1H3. The minimum Gasteiger partial charge on any atom is -0.358 e. The number of piperazine rings is 1. The second-order valence-electron chi connectivity index (χ2n) is 4.94. The van der Waals surface area contributed by atoms with Gasteiger partial charge in [0.05, 0.1) is 0 Å². The molecule has 0 atom stereocenters. The smallest absolute Gasteiger partial charge is 0.125 e. The average Bonchev–Trinajstić information content (AvgIpc) is 2.66. The maximum absolute atomic E-state index is 13.2. The van der Waals surface area contributed by atoms with Gasteiger partial charge in [-0.25, -0.2) is 4.39 Å². The van der Waals surface area contributed by atoms with E-state index in [2.05, 4.69) is 22.1 Å². The summed E-state index contributed by atoms with van der Waals surface area (Å²) in [5, 5.41) is 4.50. The predicted octanol–water partition coefficient (Wildman–Crippen LogP) is 2.02. The van der Waals surface area contributed by atoms with Crippen LogP contribution >= 0.6 is 0 Å². The first-order valence-corrected chi connectivity index (χ1v) is 6.44. The van der Waals surface area contributed by atoms with E-state index in [4.69, 9.17) is 0 Å². The number of aromatic amines is 1. The number of fused-ring (bicyclic) bond motifs is 1. The Morgan fingerprint density at radius 1 is 1.28 bits per heavy atom. The zero-order valence-corrected chi connectivity index (χ0v) is 10.6. The van der Waals surface area contributed by atoms with Gasteiger partial charge in [0, 0.05) is 49.3 Å². The van der Waals surface area contributed by atoms with Crippen molar-refractivity contribution in [1.82, 2.24) is 15.2 Å². The third kappa shape index (κ3) is 2.13. The molecule has 1 saturated heterocycles. The lowest BCUT2D eigenvalue weighted by atomic mass is 10.1. The molecule has 1 fully saturated rings. The lowest BCUT2D eigenvalue weighted by Gasteiger charge is -2.27. The SMILES string of the molecule is Cc1[nH]c2cc(F)ccc2c1CN1CCNCC1. The molecule has 0 radical (unpaired) electrons. The molecule has 1 aliphatic rings. The fraction of sp³-hybridized carbons (Fsp3) is 0.429. The first-order valence-electron chi connectivity index (χ1n) is 6.44. The van der Waals surface area contributed by atoms with Crippen molar-refractivity contribution in [1.29, 1.82) is 0 Å². The molecule has 0 unspecified atom stereocenters. The quantitative estimate of drug-likeness (QED) is 0.850. The number of nitrogens with one attached hydrogen (secondary N) is 2. The van der Waals surface area contributed by atoms with Crippen LogP contribution in [0.15, 0.2) is 18.2 Å². The molecule has 2 heterocycles. The summed E-state index contributed by atoms with van der Waals surface area (Å²) in [4.78, 5) is 5.72. The van der Waals surface area contributed by atoms with Crippen LogP contribution in [0.3, 0.4) is 0 Å². The van der Waals surface area contributed by atoms with Crippen LogP contribution in [0.1, 0.15) is 11.3 Å². The Bertz CT molecular complexity index is 555. The Morgan fingerprint density at radius 3 is 2.83 bits per heavy atom. The van der Waals surface area contributed by atoms with Crippen LogP contribution in [0.2, 0.25) is 0 Å². The van der Waals surface area contributed by atoms with Crippen molar-refractivity contribution >= 4 is 10.9 Å². The van der Waals surface area contributed by atoms with Gasteiger partial charge in [-0.1, -0.05) is 0 Å². The number of aromatic nitrogens is 1. The van der Waals surface area contributed by atoms with Crippen LogP contribution < -0.4 is 5.32 Å². The fourth-order valence-electron chi connectivity index (χ4n) is 2.66. The van der Waals surface area contributed by atoms with E-state index < -0.39 is 0 Å². The number of hydrogen-bond donors (Lipinski definition) is 2. The summed E-state index contributed by atoms with van der Waals surface area (Å²) in [7, 11) is 0. The van der Waals surface area contributed by atoms with Gasteiger partial charge in [-0.3, -0.25) is 4.90 Å². The summed E-state index contributed by atoms with van der Waals surface area (Å²) < 4.78 is 13.2. The normalized spacial score (nSPS) is 17.4. The highest BCUT2D eigenvalue weighted by molar-refractivity contribution is 5.84. The molecule has 0 amide bonds. The van der Waals surface area contributed by atoms with E-state index >= 15 is 0 Å². The summed E-state index contributed by atoms with van der Waals surface area (Å²) in [5.74, 6) is -0.183. The van der Waals surface area contributed by atoms with Gasteiger partial charge in [0.1, 0.15) is 5.82 Å². The fourth-order valence-corrected chi connectivity index (χ4v) is 2.66. The molecule has 1 aromatic carbocycles. The Kier molecular flexibility index (Phi) is 3.06. The van der Waals surface area contributed by atoms with Crippen LogP contribution in [0.5, 0.6) is 0 Å². The van der Waals surface area contributed by atoms with Crippen LogP contribution in [-0.4, -0.2) is 36.1 Å². The van der Waals surface area contributed by atoms with E-state index in [1.54, 1.807) is 6.07 Å².